The van der Waals surface area contributed by atoms with E-state index in [4.69, 9.17) is 0 Å². The van der Waals surface area contributed by atoms with Gasteiger partial charge in [0.05, 0.1) is 6.54 Å². The molecule has 0 aliphatic rings. The Labute approximate surface area is 127 Å². The number of carbonyl (C=O) groups is 1. The summed E-state index contributed by atoms with van der Waals surface area (Å²) < 4.78 is 1.33. The third-order valence-electron chi connectivity index (χ3n) is 3.83. The molecule has 1 N–H and O–H groups in total. The maximum atomic E-state index is 12.7. The molecule has 110 valence electrons. The van der Waals surface area contributed by atoms with Crippen molar-refractivity contribution in [3.05, 3.63) is 81.8 Å². The fourth-order valence-corrected chi connectivity index (χ4v) is 2.59. The molecule has 1 aromatic heterocycles. The molecule has 0 amide bonds. The van der Waals surface area contributed by atoms with Gasteiger partial charge < -0.3 is 5.11 Å². The molecule has 0 bridgehead atoms. The van der Waals surface area contributed by atoms with Crippen molar-refractivity contribution in [3.8, 4) is 0 Å². The third-order valence-corrected chi connectivity index (χ3v) is 3.83. The number of hydrogen-bond acceptors (Lipinski definition) is 2. The van der Waals surface area contributed by atoms with E-state index in [2.05, 4.69) is 0 Å². The molecule has 0 saturated carbocycles. The second-order valence-corrected chi connectivity index (χ2v) is 5.24. The molecule has 1 heterocycles. The zero-order chi connectivity index (χ0) is 15.7. The predicted molar refractivity (Wildman–Crippen MR) is 85.4 cm³/mol. The normalized spacial score (nSPS) is 10.8. The number of nitrogens with zero attached hydrogens (tertiary/aromatic N) is 1. The van der Waals surface area contributed by atoms with Gasteiger partial charge in [0.25, 0.3) is 5.56 Å². The molecule has 0 atom stereocenters. The molecule has 4 nitrogen and oxygen atoms in total. The summed E-state index contributed by atoms with van der Waals surface area (Å²) in [6, 6.07) is 16.2. The van der Waals surface area contributed by atoms with Gasteiger partial charge in [-0.15, -0.1) is 0 Å². The van der Waals surface area contributed by atoms with E-state index < -0.39 is 5.97 Å². The standard InChI is InChI=1S/C18H15NO3/c1-12-6-2-3-8-14(12)11-19-16(18(21)22)10-13-7-4-5-9-15(13)17(19)20/h2-10H,11H2,1H3,(H,21,22). The van der Waals surface area contributed by atoms with Gasteiger partial charge in [-0.25, -0.2) is 4.79 Å². The van der Waals surface area contributed by atoms with Gasteiger partial charge in [0.1, 0.15) is 5.69 Å². The zero-order valence-electron chi connectivity index (χ0n) is 12.1. The van der Waals surface area contributed by atoms with Crippen molar-refractivity contribution in [2.75, 3.05) is 0 Å². The highest BCUT2D eigenvalue weighted by Crippen LogP contribution is 2.15. The summed E-state index contributed by atoms with van der Waals surface area (Å²) in [5.74, 6) is -1.10. The first-order valence-electron chi connectivity index (χ1n) is 6.98. The molecular formula is C18H15NO3. The van der Waals surface area contributed by atoms with E-state index in [9.17, 15) is 14.7 Å². The Balaban J connectivity index is 2.25. The number of rotatable bonds is 3. The molecule has 0 aliphatic carbocycles. The number of aromatic nitrogens is 1. The van der Waals surface area contributed by atoms with Crippen molar-refractivity contribution in [2.45, 2.75) is 13.5 Å². The first-order valence-corrected chi connectivity index (χ1v) is 6.98. The van der Waals surface area contributed by atoms with Crippen molar-refractivity contribution in [2.24, 2.45) is 0 Å². The lowest BCUT2D eigenvalue weighted by Crippen LogP contribution is -2.26. The smallest absolute Gasteiger partial charge is 0.352 e. The van der Waals surface area contributed by atoms with E-state index in [0.717, 1.165) is 11.1 Å². The van der Waals surface area contributed by atoms with Gasteiger partial charge in [-0.2, -0.15) is 0 Å². The number of aromatic carboxylic acids is 1. The number of carboxylic acid groups (broad SMARTS) is 1. The van der Waals surface area contributed by atoms with Gasteiger partial charge in [-0.05, 0) is 35.6 Å². The third kappa shape index (κ3) is 2.39. The van der Waals surface area contributed by atoms with Crippen molar-refractivity contribution < 1.29 is 9.90 Å². The lowest BCUT2D eigenvalue weighted by Gasteiger charge is -2.13. The number of pyridine rings is 1. The molecule has 3 rings (SSSR count). The van der Waals surface area contributed by atoms with Gasteiger partial charge in [-0.1, -0.05) is 42.5 Å². The fraction of sp³-hybridized carbons (Fsp3) is 0.111. The van der Waals surface area contributed by atoms with Crippen LogP contribution in [0.25, 0.3) is 10.8 Å². The van der Waals surface area contributed by atoms with E-state index in [1.807, 2.05) is 31.2 Å². The zero-order valence-corrected chi connectivity index (χ0v) is 12.1. The highest BCUT2D eigenvalue weighted by atomic mass is 16.4. The van der Waals surface area contributed by atoms with Crippen LogP contribution >= 0.6 is 0 Å². The van der Waals surface area contributed by atoms with Crippen LogP contribution in [0, 0.1) is 6.92 Å². The Morgan fingerprint density at radius 3 is 2.50 bits per heavy atom. The lowest BCUT2D eigenvalue weighted by atomic mass is 10.1. The average Bonchev–Trinajstić information content (AvgIpc) is 2.51. The number of hydrogen-bond donors (Lipinski definition) is 1. The van der Waals surface area contributed by atoms with E-state index in [0.29, 0.717) is 10.8 Å². The SMILES string of the molecule is Cc1ccccc1Cn1c(C(=O)O)cc2ccccc2c1=O. The summed E-state index contributed by atoms with van der Waals surface area (Å²) in [5.41, 5.74) is 1.69. The summed E-state index contributed by atoms with van der Waals surface area (Å²) >= 11 is 0. The second-order valence-electron chi connectivity index (χ2n) is 5.24. The Hall–Kier alpha value is -2.88. The van der Waals surface area contributed by atoms with Crippen molar-refractivity contribution in [1.82, 2.24) is 4.57 Å². The largest absolute Gasteiger partial charge is 0.477 e. The molecule has 0 aliphatic heterocycles. The maximum Gasteiger partial charge on any atom is 0.352 e. The number of fused-ring (bicyclic) bond motifs is 1. The minimum atomic E-state index is -1.10. The van der Waals surface area contributed by atoms with Crippen LogP contribution < -0.4 is 5.56 Å². The van der Waals surface area contributed by atoms with Crippen LogP contribution in [0.1, 0.15) is 21.6 Å². The molecule has 0 unspecified atom stereocenters. The Kier molecular flexibility index (Phi) is 3.51. The van der Waals surface area contributed by atoms with Crippen LogP contribution in [0.15, 0.2) is 59.4 Å². The van der Waals surface area contributed by atoms with Gasteiger partial charge in [0.2, 0.25) is 0 Å². The van der Waals surface area contributed by atoms with Gasteiger partial charge in [-0.3, -0.25) is 9.36 Å². The van der Waals surface area contributed by atoms with Crippen LogP contribution in [-0.4, -0.2) is 15.6 Å². The maximum absolute atomic E-state index is 12.7. The average molecular weight is 293 g/mol. The van der Waals surface area contributed by atoms with E-state index in [-0.39, 0.29) is 17.8 Å². The summed E-state index contributed by atoms with van der Waals surface area (Å²) in [5, 5.41) is 10.6. The molecule has 0 fully saturated rings. The topological polar surface area (TPSA) is 59.3 Å². The van der Waals surface area contributed by atoms with Crippen LogP contribution in [-0.2, 0) is 6.54 Å². The van der Waals surface area contributed by atoms with Crippen LogP contribution in [0.2, 0.25) is 0 Å². The van der Waals surface area contributed by atoms with Gasteiger partial charge in [0.15, 0.2) is 0 Å². The minimum absolute atomic E-state index is 0.00644. The predicted octanol–water partition coefficient (Wildman–Crippen LogP) is 3.06. The van der Waals surface area contributed by atoms with Crippen LogP contribution in [0.4, 0.5) is 0 Å². The summed E-state index contributed by atoms with van der Waals surface area (Å²) in [4.78, 5) is 24.2. The Morgan fingerprint density at radius 1 is 1.09 bits per heavy atom. The summed E-state index contributed by atoms with van der Waals surface area (Å²) in [7, 11) is 0. The molecule has 0 spiro atoms. The second kappa shape index (κ2) is 5.48. The number of benzene rings is 2. The highest BCUT2D eigenvalue weighted by Gasteiger charge is 2.15. The first-order chi connectivity index (χ1) is 10.6. The van der Waals surface area contributed by atoms with Crippen molar-refractivity contribution >= 4 is 16.7 Å². The molecule has 0 radical (unpaired) electrons. The molecule has 22 heavy (non-hydrogen) atoms. The van der Waals surface area contributed by atoms with E-state index in [1.54, 1.807) is 30.3 Å². The molecular weight excluding hydrogens is 278 g/mol. The Morgan fingerprint density at radius 2 is 1.77 bits per heavy atom. The lowest BCUT2D eigenvalue weighted by molar-refractivity contribution is 0.0684. The quantitative estimate of drug-likeness (QED) is 0.807. The number of carboxylic acids is 1. The molecule has 4 heteroatoms. The highest BCUT2D eigenvalue weighted by molar-refractivity contribution is 5.92. The summed E-state index contributed by atoms with van der Waals surface area (Å²) in [6.07, 6.45) is 0. The van der Waals surface area contributed by atoms with Crippen molar-refractivity contribution in [1.29, 1.82) is 0 Å². The van der Waals surface area contributed by atoms with E-state index in [1.165, 1.54) is 4.57 Å². The fourth-order valence-electron chi connectivity index (χ4n) is 2.59. The van der Waals surface area contributed by atoms with E-state index >= 15 is 0 Å². The molecule has 3 aromatic rings. The Bertz CT molecular complexity index is 925. The first kappa shape index (κ1) is 14.1. The minimum Gasteiger partial charge on any atom is -0.477 e. The number of aryl methyl sites for hydroxylation is 1. The molecule has 2 aromatic carbocycles. The van der Waals surface area contributed by atoms with Crippen LogP contribution in [0.5, 0.6) is 0 Å². The monoisotopic (exact) mass is 293 g/mol. The summed E-state index contributed by atoms with van der Waals surface area (Å²) in [6.45, 7) is 2.19. The van der Waals surface area contributed by atoms with Crippen LogP contribution in [0.3, 0.4) is 0 Å². The van der Waals surface area contributed by atoms with Gasteiger partial charge >= 0.3 is 5.97 Å². The molecule has 0 saturated heterocycles. The van der Waals surface area contributed by atoms with Gasteiger partial charge in [0, 0.05) is 5.39 Å². The van der Waals surface area contributed by atoms with Crippen molar-refractivity contribution in [3.63, 3.8) is 0 Å².